The number of esters is 2. The number of aliphatic hydroxyl groups excluding tert-OH is 1. The van der Waals surface area contributed by atoms with Crippen molar-refractivity contribution in [1.82, 2.24) is 0 Å². The highest BCUT2D eigenvalue weighted by Crippen LogP contribution is 1.89. The Labute approximate surface area is 238 Å². The molecule has 0 heterocycles. The lowest BCUT2D eigenvalue weighted by molar-refractivity contribution is -0.139. The SMILES string of the molecule is C#CCO.C#CCOC(=O)/C=C/C(=O)OCC#C.O=C(Cl)/C=C/C(=O)Cl.O=C(O)/C=C/C(=O)O.O=S(Cl)Cl. The molecule has 0 spiro atoms. The number of carboxylic acid groups (broad SMARTS) is 2. The summed E-state index contributed by atoms with van der Waals surface area (Å²) in [5, 5.41) is 21.8. The molecule has 0 rings (SSSR count). The fourth-order valence-corrected chi connectivity index (χ4v) is 0.858. The van der Waals surface area contributed by atoms with Gasteiger partial charge in [0.25, 0.3) is 0 Å². The molecular formula is C21H18Cl4O12S. The van der Waals surface area contributed by atoms with E-state index in [1.165, 1.54) is 0 Å². The second kappa shape index (κ2) is 35.6. The van der Waals surface area contributed by atoms with Crippen LogP contribution in [0.4, 0.5) is 0 Å². The van der Waals surface area contributed by atoms with Crippen LogP contribution in [0, 0.1) is 37.0 Å². The second-order valence-electron chi connectivity index (χ2n) is 4.45. The van der Waals surface area contributed by atoms with Crippen molar-refractivity contribution in [1.29, 1.82) is 0 Å². The average molecular weight is 636 g/mol. The van der Waals surface area contributed by atoms with Gasteiger partial charge in [0.15, 0.2) is 13.2 Å². The summed E-state index contributed by atoms with van der Waals surface area (Å²) in [6, 6.07) is 0. The van der Waals surface area contributed by atoms with Crippen molar-refractivity contribution < 1.29 is 57.8 Å². The monoisotopic (exact) mass is 634 g/mol. The summed E-state index contributed by atoms with van der Waals surface area (Å²) in [7, 11) is 7.36. The molecule has 0 aromatic rings. The molecule has 0 amide bonds. The third-order valence-corrected chi connectivity index (χ3v) is 2.01. The molecule has 0 aliphatic carbocycles. The zero-order valence-electron chi connectivity index (χ0n) is 18.8. The summed E-state index contributed by atoms with van der Waals surface area (Å²) in [4.78, 5) is 60.2. The maximum atomic E-state index is 10.7. The van der Waals surface area contributed by atoms with Crippen molar-refractivity contribution in [3.8, 4) is 37.0 Å². The first kappa shape index (κ1) is 44.4. The van der Waals surface area contributed by atoms with E-state index < -0.39 is 43.6 Å². The molecule has 12 nitrogen and oxygen atoms in total. The number of carbonyl (C=O) groups is 6. The number of halogens is 4. The number of aliphatic hydroxyl groups is 1. The van der Waals surface area contributed by atoms with Crippen molar-refractivity contribution in [2.45, 2.75) is 0 Å². The number of hydrogen-bond acceptors (Lipinski definition) is 10. The van der Waals surface area contributed by atoms with Crippen LogP contribution >= 0.6 is 44.6 Å². The molecule has 0 saturated heterocycles. The van der Waals surface area contributed by atoms with Crippen LogP contribution in [0.15, 0.2) is 36.5 Å². The molecule has 208 valence electrons. The second-order valence-corrected chi connectivity index (χ2v) is 7.72. The van der Waals surface area contributed by atoms with E-state index in [-0.39, 0.29) is 19.8 Å². The molecule has 0 radical (unpaired) electrons. The van der Waals surface area contributed by atoms with Crippen LogP contribution in [0.1, 0.15) is 0 Å². The van der Waals surface area contributed by atoms with E-state index in [0.717, 1.165) is 24.3 Å². The molecule has 0 unspecified atom stereocenters. The molecule has 0 aliphatic heterocycles. The Morgan fingerprint density at radius 2 is 0.947 bits per heavy atom. The van der Waals surface area contributed by atoms with Crippen molar-refractivity contribution in [2.24, 2.45) is 0 Å². The van der Waals surface area contributed by atoms with Gasteiger partial charge in [0, 0.05) is 57.8 Å². The van der Waals surface area contributed by atoms with Crippen LogP contribution in [0.25, 0.3) is 0 Å². The average Bonchev–Trinajstić information content (AvgIpc) is 2.83. The minimum absolute atomic E-state index is 0.136. The van der Waals surface area contributed by atoms with Crippen LogP contribution < -0.4 is 0 Å². The van der Waals surface area contributed by atoms with Gasteiger partial charge in [0.2, 0.25) is 19.7 Å². The van der Waals surface area contributed by atoms with Crippen LogP contribution in [-0.4, -0.2) is 73.7 Å². The zero-order chi connectivity index (χ0) is 30.9. The van der Waals surface area contributed by atoms with E-state index in [4.69, 9.17) is 55.6 Å². The normalized spacial score (nSPS) is 8.71. The number of ether oxygens (including phenoxy) is 2. The third-order valence-electron chi connectivity index (χ3n) is 1.76. The van der Waals surface area contributed by atoms with E-state index in [9.17, 15) is 28.8 Å². The Bertz CT molecular complexity index is 897. The van der Waals surface area contributed by atoms with Gasteiger partial charge in [-0.05, 0) is 23.2 Å². The summed E-state index contributed by atoms with van der Waals surface area (Å²) < 4.78 is 18.0. The first-order chi connectivity index (χ1) is 17.6. The number of terminal acetylenes is 3. The smallest absolute Gasteiger partial charge is 0.331 e. The molecular weight excluding hydrogens is 618 g/mol. The molecule has 38 heavy (non-hydrogen) atoms. The summed E-state index contributed by atoms with van der Waals surface area (Å²) >= 11 is 9.57. The lowest BCUT2D eigenvalue weighted by atomic mass is 10.5. The molecule has 0 aliphatic rings. The molecule has 0 bridgehead atoms. The zero-order valence-corrected chi connectivity index (χ0v) is 22.6. The summed E-state index contributed by atoms with van der Waals surface area (Å²) in [5.41, 5.74) is 0. The Morgan fingerprint density at radius 1 is 0.684 bits per heavy atom. The van der Waals surface area contributed by atoms with Crippen molar-refractivity contribution in [3.05, 3.63) is 36.5 Å². The van der Waals surface area contributed by atoms with Gasteiger partial charge in [-0.15, -0.1) is 19.3 Å². The first-order valence-electron chi connectivity index (χ1n) is 8.49. The topological polar surface area (TPSA) is 199 Å². The fourth-order valence-electron chi connectivity index (χ4n) is 0.732. The molecule has 0 aromatic carbocycles. The van der Waals surface area contributed by atoms with E-state index >= 15 is 0 Å². The highest BCUT2D eigenvalue weighted by Gasteiger charge is 1.98. The number of hydrogen-bond donors (Lipinski definition) is 3. The van der Waals surface area contributed by atoms with E-state index in [1.54, 1.807) is 0 Å². The molecule has 0 aromatic heterocycles. The molecule has 0 atom stereocenters. The minimum Gasteiger partial charge on any atom is -0.478 e. The van der Waals surface area contributed by atoms with Crippen LogP contribution in [0.5, 0.6) is 0 Å². The van der Waals surface area contributed by atoms with E-state index in [2.05, 4.69) is 49.1 Å². The lowest BCUT2D eigenvalue weighted by Crippen LogP contribution is -2.04. The quantitative estimate of drug-likeness (QED) is 0.150. The molecule has 0 fully saturated rings. The predicted molar refractivity (Wildman–Crippen MR) is 140 cm³/mol. The van der Waals surface area contributed by atoms with Gasteiger partial charge < -0.3 is 24.8 Å². The standard InChI is InChI=1S/C10H8O4.C4H2Cl2O2.C4H4O4.C3H4O.Cl2OS/c1-3-7-13-9(11)5-6-10(12)14-8-4-2;5-3(7)1-2-4(6)8;5-3(6)1-2-4(7)8;1-2-3-4;1-4(2)3/h1-2,5-6H,7-8H2;1-2H;1-2H,(H,5,6)(H,7,8);1,4H,3H2;/b6-5+;2*2-1+;;. The highest BCUT2D eigenvalue weighted by molar-refractivity contribution is 8.26. The first-order valence-corrected chi connectivity index (χ1v) is 12.0. The fraction of sp³-hybridized carbons (Fsp3) is 0.143. The van der Waals surface area contributed by atoms with Crippen LogP contribution in [0.3, 0.4) is 0 Å². The highest BCUT2D eigenvalue weighted by atomic mass is 36.0. The van der Waals surface area contributed by atoms with Crippen molar-refractivity contribution in [2.75, 3.05) is 19.8 Å². The van der Waals surface area contributed by atoms with Gasteiger partial charge in [-0.1, -0.05) is 17.8 Å². The van der Waals surface area contributed by atoms with Gasteiger partial charge in [-0.3, -0.25) is 9.59 Å². The summed E-state index contributed by atoms with van der Waals surface area (Å²) in [5.74, 6) is 2.26. The third kappa shape index (κ3) is 76.8. The minimum atomic E-state index is -1.67. The largest absolute Gasteiger partial charge is 0.478 e. The number of carbonyl (C=O) groups excluding carboxylic acids is 4. The predicted octanol–water partition coefficient (Wildman–Crippen LogP) is 1.34. The number of rotatable bonds is 8. The lowest BCUT2D eigenvalue weighted by Gasteiger charge is -1.95. The number of aliphatic carboxylic acids is 2. The van der Waals surface area contributed by atoms with Gasteiger partial charge in [0.05, 0.1) is 0 Å². The number of allylic oxidation sites excluding steroid dienone is 2. The van der Waals surface area contributed by atoms with E-state index in [1.807, 2.05) is 5.92 Å². The Morgan fingerprint density at radius 3 is 1.11 bits per heavy atom. The summed E-state index contributed by atoms with van der Waals surface area (Å²) in [6.07, 6.45) is 18.9. The van der Waals surface area contributed by atoms with Crippen LogP contribution in [0.2, 0.25) is 0 Å². The maximum absolute atomic E-state index is 10.7. The Hall–Kier alpha value is -3.61. The molecule has 17 heteroatoms. The van der Waals surface area contributed by atoms with Gasteiger partial charge in [-0.25, -0.2) is 23.4 Å². The van der Waals surface area contributed by atoms with Gasteiger partial charge in [-0.2, -0.15) is 0 Å². The number of carboxylic acids is 2. The van der Waals surface area contributed by atoms with Gasteiger partial charge >= 0.3 is 23.9 Å². The van der Waals surface area contributed by atoms with Crippen LogP contribution in [-0.2, 0) is 47.5 Å². The van der Waals surface area contributed by atoms with Gasteiger partial charge in [0.1, 0.15) is 6.61 Å². The van der Waals surface area contributed by atoms with Crippen molar-refractivity contribution in [3.63, 3.8) is 0 Å². The maximum Gasteiger partial charge on any atom is 0.331 e. The van der Waals surface area contributed by atoms with Crippen molar-refractivity contribution >= 4 is 88.2 Å². The Kier molecular flexibility index (Phi) is 41.5. The summed E-state index contributed by atoms with van der Waals surface area (Å²) in [6.45, 7) is -0.425. The molecule has 3 N–H and O–H groups in total. The molecule has 0 saturated carbocycles. The Balaban J connectivity index is -0.000000130. The van der Waals surface area contributed by atoms with E-state index in [0.29, 0.717) is 12.2 Å².